The number of pyridine rings is 1. The van der Waals surface area contributed by atoms with Crippen LogP contribution in [-0.2, 0) is 0 Å². The number of hydrogen-bond acceptors (Lipinski definition) is 2. The largest absolute Gasteiger partial charge is 0.298 e. The lowest BCUT2D eigenvalue weighted by molar-refractivity contribution is 0.112. The van der Waals surface area contributed by atoms with Crippen molar-refractivity contribution in [2.24, 2.45) is 0 Å². The van der Waals surface area contributed by atoms with E-state index in [1.54, 1.807) is 24.4 Å². The Morgan fingerprint density at radius 1 is 1.00 bits per heavy atom. The van der Waals surface area contributed by atoms with Crippen LogP contribution in [0.4, 0.5) is 0 Å². The predicted octanol–water partition coefficient (Wildman–Crippen LogP) is 4.52. The van der Waals surface area contributed by atoms with Gasteiger partial charge in [0, 0.05) is 23.5 Å². The number of nitrogens with zero attached hydrogens (tertiary/aromatic N) is 1. The smallest absolute Gasteiger partial charge is 0.152 e. The van der Waals surface area contributed by atoms with Crippen molar-refractivity contribution in [3.8, 4) is 11.1 Å². The molecule has 2 aromatic rings. The first-order valence-corrected chi connectivity index (χ1v) is 5.81. The second-order valence-corrected chi connectivity index (χ2v) is 4.55. The number of aromatic nitrogens is 1. The van der Waals surface area contributed by atoms with Gasteiger partial charge in [-0.25, -0.2) is 0 Å². The highest BCUT2D eigenvalue weighted by Crippen LogP contribution is 2.35. The fourth-order valence-electron chi connectivity index (χ4n) is 1.47. The number of hydrogen-bond donors (Lipinski definition) is 0. The van der Waals surface area contributed by atoms with Crippen molar-refractivity contribution >= 4 is 41.1 Å². The van der Waals surface area contributed by atoms with Crippen LogP contribution in [0.15, 0.2) is 30.6 Å². The standard InChI is InChI=1S/C12H6Cl3NO/c13-10-4-12(15)11(14)3-9(10)8-1-2-16-5-7(8)6-17/h1-6H. The van der Waals surface area contributed by atoms with Gasteiger partial charge in [0.15, 0.2) is 6.29 Å². The number of halogens is 3. The van der Waals surface area contributed by atoms with Crippen molar-refractivity contribution in [1.29, 1.82) is 0 Å². The Hall–Kier alpha value is -1.09. The minimum Gasteiger partial charge on any atom is -0.298 e. The molecule has 17 heavy (non-hydrogen) atoms. The van der Waals surface area contributed by atoms with Crippen LogP contribution in [0, 0.1) is 0 Å². The number of carbonyl (C=O) groups excluding carboxylic acids is 1. The quantitative estimate of drug-likeness (QED) is 0.600. The Morgan fingerprint density at radius 3 is 2.41 bits per heavy atom. The molecule has 86 valence electrons. The van der Waals surface area contributed by atoms with E-state index in [9.17, 15) is 4.79 Å². The van der Waals surface area contributed by atoms with Crippen molar-refractivity contribution in [3.05, 3.63) is 51.2 Å². The lowest BCUT2D eigenvalue weighted by atomic mass is 10.0. The van der Waals surface area contributed by atoms with Crippen LogP contribution in [-0.4, -0.2) is 11.3 Å². The van der Waals surface area contributed by atoms with Crippen molar-refractivity contribution < 1.29 is 4.79 Å². The molecule has 0 radical (unpaired) electrons. The minimum atomic E-state index is 0.377. The average molecular weight is 287 g/mol. The summed E-state index contributed by atoms with van der Waals surface area (Å²) in [5, 5.41) is 1.20. The second-order valence-electron chi connectivity index (χ2n) is 3.33. The van der Waals surface area contributed by atoms with E-state index in [2.05, 4.69) is 4.98 Å². The maximum atomic E-state index is 10.9. The molecule has 0 bridgehead atoms. The van der Waals surface area contributed by atoms with Gasteiger partial charge in [-0.2, -0.15) is 0 Å². The van der Waals surface area contributed by atoms with Gasteiger partial charge < -0.3 is 0 Å². The van der Waals surface area contributed by atoms with Gasteiger partial charge in [-0.1, -0.05) is 34.8 Å². The SMILES string of the molecule is O=Cc1cnccc1-c1cc(Cl)c(Cl)cc1Cl. The zero-order chi connectivity index (χ0) is 12.4. The summed E-state index contributed by atoms with van der Waals surface area (Å²) < 4.78 is 0. The number of rotatable bonds is 2. The van der Waals surface area contributed by atoms with E-state index in [1.807, 2.05) is 0 Å². The fourth-order valence-corrected chi connectivity index (χ4v) is 2.12. The Bertz CT molecular complexity index is 584. The Morgan fingerprint density at radius 2 is 1.71 bits per heavy atom. The minimum absolute atomic E-state index is 0.377. The summed E-state index contributed by atoms with van der Waals surface area (Å²) in [7, 11) is 0. The van der Waals surface area contributed by atoms with Gasteiger partial charge in [-0.15, -0.1) is 0 Å². The first-order chi connectivity index (χ1) is 8.13. The maximum absolute atomic E-state index is 10.9. The van der Waals surface area contributed by atoms with Gasteiger partial charge in [0.25, 0.3) is 0 Å². The second kappa shape index (κ2) is 5.05. The zero-order valence-corrected chi connectivity index (χ0v) is 10.7. The van der Waals surface area contributed by atoms with E-state index >= 15 is 0 Å². The molecule has 0 amide bonds. The molecule has 0 aliphatic carbocycles. The van der Waals surface area contributed by atoms with E-state index in [1.165, 1.54) is 6.20 Å². The van der Waals surface area contributed by atoms with Crippen LogP contribution in [0.25, 0.3) is 11.1 Å². The monoisotopic (exact) mass is 285 g/mol. The molecule has 0 aliphatic rings. The van der Waals surface area contributed by atoms with E-state index < -0.39 is 0 Å². The highest BCUT2D eigenvalue weighted by atomic mass is 35.5. The molecule has 1 heterocycles. The first-order valence-electron chi connectivity index (χ1n) is 4.67. The summed E-state index contributed by atoms with van der Waals surface area (Å²) in [6.07, 6.45) is 3.78. The number of aldehydes is 1. The van der Waals surface area contributed by atoms with Gasteiger partial charge in [0.05, 0.1) is 15.1 Å². The molecule has 2 nitrogen and oxygen atoms in total. The van der Waals surface area contributed by atoms with Gasteiger partial charge in [0.2, 0.25) is 0 Å². The highest BCUT2D eigenvalue weighted by molar-refractivity contribution is 6.44. The molecule has 1 aromatic carbocycles. The van der Waals surface area contributed by atoms with Crippen LogP contribution < -0.4 is 0 Å². The molecule has 0 fully saturated rings. The first kappa shape index (κ1) is 12.4. The molecule has 0 aliphatic heterocycles. The van der Waals surface area contributed by atoms with Crippen molar-refractivity contribution in [3.63, 3.8) is 0 Å². The summed E-state index contributed by atoms with van der Waals surface area (Å²) in [6.45, 7) is 0. The third kappa shape index (κ3) is 2.44. The molecule has 5 heteroatoms. The molecule has 0 saturated heterocycles. The lowest BCUT2D eigenvalue weighted by Gasteiger charge is -2.08. The molecular formula is C12H6Cl3NO. The van der Waals surface area contributed by atoms with Crippen molar-refractivity contribution in [1.82, 2.24) is 4.98 Å². The molecule has 2 rings (SSSR count). The van der Waals surface area contributed by atoms with Gasteiger partial charge in [-0.3, -0.25) is 9.78 Å². The third-order valence-electron chi connectivity index (χ3n) is 2.28. The van der Waals surface area contributed by atoms with Gasteiger partial charge in [0.1, 0.15) is 0 Å². The summed E-state index contributed by atoms with van der Waals surface area (Å²) in [5.74, 6) is 0. The predicted molar refractivity (Wildman–Crippen MR) is 70.1 cm³/mol. The van der Waals surface area contributed by atoms with E-state index in [-0.39, 0.29) is 0 Å². The molecule has 1 aromatic heterocycles. The number of carbonyl (C=O) groups is 1. The number of benzene rings is 1. The van der Waals surface area contributed by atoms with Crippen molar-refractivity contribution in [2.75, 3.05) is 0 Å². The summed E-state index contributed by atoms with van der Waals surface area (Å²) in [6, 6.07) is 4.89. The van der Waals surface area contributed by atoms with Gasteiger partial charge in [-0.05, 0) is 23.8 Å². The molecular weight excluding hydrogens is 280 g/mol. The molecule has 0 unspecified atom stereocenters. The normalized spacial score (nSPS) is 10.3. The molecule has 0 saturated carbocycles. The van der Waals surface area contributed by atoms with E-state index in [4.69, 9.17) is 34.8 Å². The Kier molecular flexibility index (Phi) is 3.67. The van der Waals surface area contributed by atoms with E-state index in [0.29, 0.717) is 31.8 Å². The lowest BCUT2D eigenvalue weighted by Crippen LogP contribution is -1.90. The third-order valence-corrected chi connectivity index (χ3v) is 3.31. The molecule has 0 atom stereocenters. The highest BCUT2D eigenvalue weighted by Gasteiger charge is 2.11. The zero-order valence-electron chi connectivity index (χ0n) is 8.45. The molecule has 0 N–H and O–H groups in total. The van der Waals surface area contributed by atoms with E-state index in [0.717, 1.165) is 6.29 Å². The van der Waals surface area contributed by atoms with Gasteiger partial charge >= 0.3 is 0 Å². The van der Waals surface area contributed by atoms with Crippen LogP contribution >= 0.6 is 34.8 Å². The van der Waals surface area contributed by atoms with Crippen LogP contribution in [0.2, 0.25) is 15.1 Å². The maximum Gasteiger partial charge on any atom is 0.152 e. The fraction of sp³-hybridized carbons (Fsp3) is 0. The molecule has 0 spiro atoms. The van der Waals surface area contributed by atoms with Crippen LogP contribution in [0.3, 0.4) is 0 Å². The summed E-state index contributed by atoms with van der Waals surface area (Å²) in [4.78, 5) is 14.8. The average Bonchev–Trinajstić information content (AvgIpc) is 2.34. The van der Waals surface area contributed by atoms with Crippen LogP contribution in [0.1, 0.15) is 10.4 Å². The Labute approximate surface area is 113 Å². The summed E-state index contributed by atoms with van der Waals surface area (Å²) in [5.41, 5.74) is 1.79. The van der Waals surface area contributed by atoms with Crippen LogP contribution in [0.5, 0.6) is 0 Å². The van der Waals surface area contributed by atoms with Crippen molar-refractivity contribution in [2.45, 2.75) is 0 Å². The topological polar surface area (TPSA) is 30.0 Å². The summed E-state index contributed by atoms with van der Waals surface area (Å²) >= 11 is 17.9. The Balaban J connectivity index is 2.68.